The number of carbonyl (C=O) groups is 1. The molecule has 3 aromatic rings. The average Bonchev–Trinajstić information content (AvgIpc) is 3.55. The number of nitrogens with one attached hydrogen (secondary N) is 2. The summed E-state index contributed by atoms with van der Waals surface area (Å²) >= 11 is 0. The second-order valence-corrected chi connectivity index (χ2v) is 8.22. The molecular weight excluding hydrogens is 444 g/mol. The molecule has 3 N–H and O–H groups in total. The maximum atomic E-state index is 13.2. The number of carboxylic acids is 1. The van der Waals surface area contributed by atoms with Crippen LogP contribution in [0.15, 0.2) is 41.2 Å². The number of nitrogens with zero attached hydrogens (tertiary/aromatic N) is 3. The third-order valence-corrected chi connectivity index (χ3v) is 5.11. The van der Waals surface area contributed by atoms with Gasteiger partial charge in [0, 0.05) is 25.9 Å². The molecule has 3 aromatic heterocycles. The minimum atomic E-state index is -2.97. The fourth-order valence-electron chi connectivity index (χ4n) is 3.22. The van der Waals surface area contributed by atoms with Crippen LogP contribution in [-0.2, 0) is 12.5 Å². The number of rotatable bonds is 14. The van der Waals surface area contributed by atoms with Gasteiger partial charge in [-0.2, -0.15) is 18.7 Å². The first-order chi connectivity index (χ1) is 16.3. The van der Waals surface area contributed by atoms with Gasteiger partial charge < -0.3 is 19.8 Å². The van der Waals surface area contributed by atoms with Gasteiger partial charge in [0.15, 0.2) is 11.6 Å². The van der Waals surface area contributed by atoms with E-state index in [1.807, 2.05) is 0 Å². The van der Waals surface area contributed by atoms with Crippen molar-refractivity contribution >= 4 is 11.8 Å². The zero-order chi connectivity index (χ0) is 24.8. The lowest BCUT2D eigenvalue weighted by Gasteiger charge is -2.05. The van der Waals surface area contributed by atoms with E-state index in [2.05, 4.69) is 27.4 Å². The van der Waals surface area contributed by atoms with Crippen LogP contribution in [0.25, 0.3) is 0 Å². The summed E-state index contributed by atoms with van der Waals surface area (Å²) in [6, 6.07) is 4.33. The Balaban J connectivity index is 0.000000430. The summed E-state index contributed by atoms with van der Waals surface area (Å²) in [5.74, 6) is -3.11. The molecule has 0 aliphatic heterocycles. The minimum Gasteiger partial charge on any atom is -0.478 e. The summed E-state index contributed by atoms with van der Waals surface area (Å²) in [5.41, 5.74) is 0.296. The predicted octanol–water partition coefficient (Wildman–Crippen LogP) is 6.30. The lowest BCUT2D eigenvalue weighted by molar-refractivity contribution is -0.00641. The van der Waals surface area contributed by atoms with E-state index in [-0.39, 0.29) is 12.3 Å². The number of aromatic carboxylic acids is 1. The average molecular weight is 480 g/mol. The quantitative estimate of drug-likeness (QED) is 0.234. The number of furan rings is 1. The number of carboxylic acid groups (broad SMARTS) is 1. The topological polar surface area (TPSA) is 109 Å². The van der Waals surface area contributed by atoms with Crippen LogP contribution in [0.5, 0.6) is 0 Å². The highest BCUT2D eigenvalue weighted by Gasteiger charge is 2.28. The largest absolute Gasteiger partial charge is 0.478 e. The molecule has 0 amide bonds. The molecule has 3 rings (SSSR count). The summed E-state index contributed by atoms with van der Waals surface area (Å²) < 4.78 is 31.5. The lowest BCUT2D eigenvalue weighted by atomic mass is 10.1. The molecular formula is C24H35F2N5O3. The number of anilines is 1. The Bertz CT molecular complexity index is 948. The van der Waals surface area contributed by atoms with Gasteiger partial charge in [-0.15, -0.1) is 5.10 Å². The number of hydrogen-bond acceptors (Lipinski definition) is 5. The Labute approximate surface area is 198 Å². The van der Waals surface area contributed by atoms with Gasteiger partial charge in [0.25, 0.3) is 0 Å². The predicted molar refractivity (Wildman–Crippen MR) is 126 cm³/mol. The van der Waals surface area contributed by atoms with Crippen molar-refractivity contribution in [1.82, 2.24) is 20.0 Å². The first kappa shape index (κ1) is 27.1. The van der Waals surface area contributed by atoms with Gasteiger partial charge in [-0.05, 0) is 24.6 Å². The van der Waals surface area contributed by atoms with Crippen LogP contribution in [0.3, 0.4) is 0 Å². The fraction of sp³-hybridized carbons (Fsp3) is 0.542. The van der Waals surface area contributed by atoms with Gasteiger partial charge in [-0.25, -0.2) is 4.79 Å². The molecule has 0 aromatic carbocycles. The van der Waals surface area contributed by atoms with Crippen molar-refractivity contribution in [1.29, 1.82) is 0 Å². The second-order valence-electron chi connectivity index (χ2n) is 8.22. The molecule has 34 heavy (non-hydrogen) atoms. The van der Waals surface area contributed by atoms with Crippen molar-refractivity contribution in [2.45, 2.75) is 77.7 Å². The van der Waals surface area contributed by atoms with Crippen LogP contribution in [0, 0.1) is 0 Å². The lowest BCUT2D eigenvalue weighted by Crippen LogP contribution is -2.06. The summed E-state index contributed by atoms with van der Waals surface area (Å²) in [6.45, 7) is 4.14. The molecule has 0 saturated heterocycles. The van der Waals surface area contributed by atoms with E-state index in [0.717, 1.165) is 19.9 Å². The zero-order valence-electron chi connectivity index (χ0n) is 19.9. The van der Waals surface area contributed by atoms with E-state index in [1.54, 1.807) is 12.4 Å². The van der Waals surface area contributed by atoms with Crippen molar-refractivity contribution in [2.24, 2.45) is 0 Å². The molecule has 0 radical (unpaired) electrons. The first-order valence-electron chi connectivity index (χ1n) is 11.8. The summed E-state index contributed by atoms with van der Waals surface area (Å²) in [5, 5.41) is 19.9. The molecule has 0 spiro atoms. The number of alkyl halides is 2. The first-order valence-corrected chi connectivity index (χ1v) is 11.8. The number of halogens is 2. The van der Waals surface area contributed by atoms with E-state index in [0.29, 0.717) is 17.1 Å². The molecule has 0 unspecified atom stereocenters. The SMILES string of the molecule is CCCCCCCCCCNc1cnn(Cc2ccc(C(C)(F)F)o2)n1.O=C(O)c1cc[nH]c1. The Morgan fingerprint density at radius 1 is 1.15 bits per heavy atom. The smallest absolute Gasteiger partial charge is 0.337 e. The van der Waals surface area contributed by atoms with Crippen LogP contribution in [0.2, 0.25) is 0 Å². The van der Waals surface area contributed by atoms with Crippen molar-refractivity contribution < 1.29 is 23.1 Å². The molecule has 188 valence electrons. The molecule has 8 nitrogen and oxygen atoms in total. The van der Waals surface area contributed by atoms with E-state index in [9.17, 15) is 13.6 Å². The summed E-state index contributed by atoms with van der Waals surface area (Å²) in [6.07, 6.45) is 14.9. The van der Waals surface area contributed by atoms with E-state index in [1.165, 1.54) is 74.1 Å². The van der Waals surface area contributed by atoms with Crippen LogP contribution < -0.4 is 5.32 Å². The standard InChI is InChI=1S/C19H30F2N4O.C5H5NO2/c1-3-4-5-6-7-8-9-10-13-22-18-14-23-25(24-18)15-16-11-12-17(26-16)19(2,20)21;7-5(8)4-1-2-6-3-4/h11-12,14H,3-10,13,15H2,1-2H3,(H,22,24);1-3,6H,(H,7,8). The zero-order valence-corrected chi connectivity index (χ0v) is 19.9. The van der Waals surface area contributed by atoms with Crippen LogP contribution in [0.4, 0.5) is 14.6 Å². The highest BCUT2D eigenvalue weighted by Crippen LogP contribution is 2.28. The third kappa shape index (κ3) is 10.2. The molecule has 0 saturated carbocycles. The van der Waals surface area contributed by atoms with E-state index in [4.69, 9.17) is 9.52 Å². The molecule has 0 aliphatic carbocycles. The monoisotopic (exact) mass is 479 g/mol. The van der Waals surface area contributed by atoms with Gasteiger partial charge >= 0.3 is 11.9 Å². The maximum Gasteiger partial charge on any atom is 0.337 e. The Morgan fingerprint density at radius 2 is 1.85 bits per heavy atom. The van der Waals surface area contributed by atoms with Gasteiger partial charge in [-0.1, -0.05) is 51.9 Å². The normalized spacial score (nSPS) is 11.2. The molecule has 3 heterocycles. The number of hydrogen-bond donors (Lipinski definition) is 3. The Morgan fingerprint density at radius 3 is 2.41 bits per heavy atom. The molecule has 10 heteroatoms. The highest BCUT2D eigenvalue weighted by molar-refractivity contribution is 5.87. The molecule has 0 fully saturated rings. The highest BCUT2D eigenvalue weighted by atomic mass is 19.3. The number of unbranched alkanes of at least 4 members (excludes halogenated alkanes) is 7. The van der Waals surface area contributed by atoms with Crippen LogP contribution >= 0.6 is 0 Å². The number of aromatic nitrogens is 4. The molecule has 0 aliphatic rings. The second kappa shape index (κ2) is 14.2. The summed E-state index contributed by atoms with van der Waals surface area (Å²) in [4.78, 5) is 14.1. The fourth-order valence-corrected chi connectivity index (χ4v) is 3.22. The third-order valence-electron chi connectivity index (χ3n) is 5.11. The van der Waals surface area contributed by atoms with Gasteiger partial charge in [0.1, 0.15) is 12.3 Å². The molecule has 0 bridgehead atoms. The Kier molecular flexibility index (Phi) is 11.3. The van der Waals surface area contributed by atoms with Crippen LogP contribution in [-0.4, -0.2) is 37.6 Å². The number of aromatic amines is 1. The van der Waals surface area contributed by atoms with Gasteiger partial charge in [0.2, 0.25) is 0 Å². The van der Waals surface area contributed by atoms with Gasteiger partial charge in [0.05, 0.1) is 11.8 Å². The van der Waals surface area contributed by atoms with E-state index >= 15 is 0 Å². The Hall–Kier alpha value is -3.17. The number of H-pyrrole nitrogens is 1. The van der Waals surface area contributed by atoms with Crippen molar-refractivity contribution in [3.8, 4) is 0 Å². The van der Waals surface area contributed by atoms with Gasteiger partial charge in [-0.3, -0.25) is 0 Å². The van der Waals surface area contributed by atoms with Crippen molar-refractivity contribution in [2.75, 3.05) is 11.9 Å². The molecule has 0 atom stereocenters. The minimum absolute atomic E-state index is 0.232. The van der Waals surface area contributed by atoms with Crippen molar-refractivity contribution in [3.05, 3.63) is 53.9 Å². The van der Waals surface area contributed by atoms with Crippen LogP contribution in [0.1, 0.15) is 87.1 Å². The van der Waals surface area contributed by atoms with Crippen molar-refractivity contribution in [3.63, 3.8) is 0 Å². The van der Waals surface area contributed by atoms with E-state index < -0.39 is 11.9 Å². The summed E-state index contributed by atoms with van der Waals surface area (Å²) in [7, 11) is 0. The maximum absolute atomic E-state index is 13.2.